The van der Waals surface area contributed by atoms with E-state index < -0.39 is 0 Å². The molecule has 230 valence electrons. The van der Waals surface area contributed by atoms with Crippen LogP contribution in [0.4, 0.5) is 17.1 Å². The summed E-state index contributed by atoms with van der Waals surface area (Å²) < 4.78 is 5.56. The van der Waals surface area contributed by atoms with Crippen LogP contribution in [0.15, 0.2) is 188 Å². The van der Waals surface area contributed by atoms with Gasteiger partial charge in [-0.2, -0.15) is 0 Å². The van der Waals surface area contributed by atoms with E-state index in [0.29, 0.717) is 11.1 Å². The third-order valence-electron chi connectivity index (χ3n) is 8.31. The van der Waals surface area contributed by atoms with Gasteiger partial charge in [-0.15, -0.1) is 0 Å². The molecule has 0 bridgehead atoms. The minimum Gasteiger partial charge on any atom is -0.421 e. The van der Waals surface area contributed by atoms with Crippen LogP contribution in [-0.4, -0.2) is 11.8 Å². The van der Waals surface area contributed by atoms with Gasteiger partial charge < -0.3 is 9.64 Å². The van der Waals surface area contributed by atoms with E-state index in [-0.39, 0.29) is 11.8 Å². The summed E-state index contributed by atoms with van der Waals surface area (Å²) in [4.78, 5) is 2.27. The fourth-order valence-electron chi connectivity index (χ4n) is 5.94. The first-order valence-electron chi connectivity index (χ1n) is 15.9. The van der Waals surface area contributed by atoms with Crippen molar-refractivity contribution in [3.63, 3.8) is 0 Å². The molecule has 0 atom stereocenters. The lowest BCUT2D eigenvalue weighted by Gasteiger charge is -2.25. The van der Waals surface area contributed by atoms with Gasteiger partial charge in [0, 0.05) is 28.2 Å². The van der Waals surface area contributed by atoms with E-state index in [1.54, 1.807) is 12.1 Å². The van der Waals surface area contributed by atoms with Crippen molar-refractivity contribution in [2.75, 3.05) is 4.90 Å². The summed E-state index contributed by atoms with van der Waals surface area (Å²) in [5.74, 6) is -0.108. The molecule has 2 N–H and O–H groups in total. The first kappa shape index (κ1) is 30.2. The van der Waals surface area contributed by atoms with E-state index >= 15 is 0 Å². The molecule has 0 saturated carbocycles. The highest BCUT2D eigenvalue weighted by molar-refractivity contribution is 6.05. The summed E-state index contributed by atoms with van der Waals surface area (Å²) in [6.45, 7) is 0. The first-order chi connectivity index (χ1) is 23.7. The second-order valence-corrected chi connectivity index (χ2v) is 11.3. The molecule has 7 aromatic rings. The molecule has 0 aliphatic heterocycles. The molecule has 0 heterocycles. The smallest absolute Gasteiger partial charge is 0.221 e. The van der Waals surface area contributed by atoms with Crippen molar-refractivity contribution < 1.29 is 4.74 Å². The van der Waals surface area contributed by atoms with Crippen LogP contribution in [0, 0.1) is 10.8 Å². The molecule has 0 spiro atoms. The van der Waals surface area contributed by atoms with Crippen molar-refractivity contribution in [2.45, 2.75) is 0 Å². The van der Waals surface area contributed by atoms with Crippen LogP contribution in [0.5, 0.6) is 0 Å². The topological polar surface area (TPSA) is 60.2 Å². The zero-order valence-electron chi connectivity index (χ0n) is 26.3. The van der Waals surface area contributed by atoms with E-state index in [1.165, 1.54) is 0 Å². The van der Waals surface area contributed by atoms with Gasteiger partial charge in [0.1, 0.15) is 0 Å². The Morgan fingerprint density at radius 3 is 1.12 bits per heavy atom. The Hall–Kier alpha value is -6.52. The lowest BCUT2D eigenvalue weighted by Crippen LogP contribution is -2.12. The summed E-state index contributed by atoms with van der Waals surface area (Å²) in [5, 5.41) is 16.7. The number of benzene rings is 7. The van der Waals surface area contributed by atoms with Gasteiger partial charge in [-0.1, -0.05) is 127 Å². The van der Waals surface area contributed by atoms with Crippen molar-refractivity contribution in [1.82, 2.24) is 0 Å². The Morgan fingerprint density at radius 1 is 0.333 bits per heavy atom. The number of nitrogens with zero attached hydrogens (tertiary/aromatic N) is 1. The number of nitrogens with one attached hydrogen (secondary N) is 2. The molecule has 7 aromatic carbocycles. The second-order valence-electron chi connectivity index (χ2n) is 11.3. The zero-order chi connectivity index (χ0) is 32.7. The SMILES string of the molecule is N=C(OC(=N)c1ccc(-c2ccccc2-c2ccccc2-c2ccc(N(c3ccccc3)c3ccccc3)cc2)cc1)c1ccccc1. The van der Waals surface area contributed by atoms with Gasteiger partial charge in [-0.05, 0) is 94.0 Å². The van der Waals surface area contributed by atoms with Crippen LogP contribution in [0.25, 0.3) is 33.4 Å². The van der Waals surface area contributed by atoms with E-state index in [9.17, 15) is 0 Å². The van der Waals surface area contributed by atoms with Crippen LogP contribution >= 0.6 is 0 Å². The van der Waals surface area contributed by atoms with E-state index in [1.807, 2.05) is 54.6 Å². The molecule has 0 saturated heterocycles. The lowest BCUT2D eigenvalue weighted by molar-refractivity contribution is 0.538. The minimum absolute atomic E-state index is 0.0486. The maximum absolute atomic E-state index is 8.46. The molecule has 0 aliphatic carbocycles. The van der Waals surface area contributed by atoms with Crippen molar-refractivity contribution in [3.05, 3.63) is 199 Å². The largest absolute Gasteiger partial charge is 0.421 e. The summed E-state index contributed by atoms with van der Waals surface area (Å²) in [7, 11) is 0. The van der Waals surface area contributed by atoms with E-state index in [4.69, 9.17) is 15.6 Å². The van der Waals surface area contributed by atoms with E-state index in [0.717, 1.165) is 50.4 Å². The fraction of sp³-hybridized carbons (Fsp3) is 0. The Kier molecular flexibility index (Phi) is 8.70. The molecule has 4 nitrogen and oxygen atoms in total. The summed E-state index contributed by atoms with van der Waals surface area (Å²) in [6.07, 6.45) is 0. The quantitative estimate of drug-likeness (QED) is 0.131. The number of rotatable bonds is 8. The van der Waals surface area contributed by atoms with Crippen LogP contribution < -0.4 is 4.90 Å². The van der Waals surface area contributed by atoms with Gasteiger partial charge in [-0.25, -0.2) is 0 Å². The molecule has 7 rings (SSSR count). The predicted molar refractivity (Wildman–Crippen MR) is 199 cm³/mol. The van der Waals surface area contributed by atoms with Gasteiger partial charge in [0.2, 0.25) is 11.8 Å². The van der Waals surface area contributed by atoms with Crippen LogP contribution in [-0.2, 0) is 4.74 Å². The maximum atomic E-state index is 8.46. The van der Waals surface area contributed by atoms with Crippen molar-refractivity contribution in [2.24, 2.45) is 0 Å². The number of para-hydroxylation sites is 2. The van der Waals surface area contributed by atoms with Crippen LogP contribution in [0.3, 0.4) is 0 Å². The highest BCUT2D eigenvalue weighted by atomic mass is 16.5. The Labute approximate surface area is 281 Å². The molecule has 48 heavy (non-hydrogen) atoms. The number of anilines is 3. The van der Waals surface area contributed by atoms with Gasteiger partial charge in [-0.3, -0.25) is 10.8 Å². The van der Waals surface area contributed by atoms with Gasteiger partial charge in [0.15, 0.2) is 0 Å². The highest BCUT2D eigenvalue weighted by Gasteiger charge is 2.16. The maximum Gasteiger partial charge on any atom is 0.221 e. The van der Waals surface area contributed by atoms with Crippen LogP contribution in [0.2, 0.25) is 0 Å². The average Bonchev–Trinajstić information content (AvgIpc) is 3.16. The van der Waals surface area contributed by atoms with Gasteiger partial charge in [0.25, 0.3) is 0 Å². The van der Waals surface area contributed by atoms with Crippen molar-refractivity contribution in [3.8, 4) is 33.4 Å². The third-order valence-corrected chi connectivity index (χ3v) is 8.31. The van der Waals surface area contributed by atoms with Gasteiger partial charge in [0.05, 0.1) is 0 Å². The molecule has 4 heteroatoms. The molecule has 0 radical (unpaired) electrons. The third kappa shape index (κ3) is 6.41. The van der Waals surface area contributed by atoms with Crippen molar-refractivity contribution >= 4 is 28.9 Å². The minimum atomic E-state index is -0.0597. The standard InChI is InChI=1S/C44H33N3O/c45-43(34-14-4-1-5-15-34)48-44(46)35-26-24-32(25-27-35)39-20-10-12-22-41(39)42-23-13-11-21-40(42)33-28-30-38(31-29-33)47(36-16-6-2-7-17-36)37-18-8-3-9-19-37/h1-31,45-46H. The average molecular weight is 620 g/mol. The molecular weight excluding hydrogens is 587 g/mol. The molecular formula is C44H33N3O. The monoisotopic (exact) mass is 619 g/mol. The normalized spacial score (nSPS) is 10.7. The number of hydrogen-bond donors (Lipinski definition) is 2. The van der Waals surface area contributed by atoms with Gasteiger partial charge >= 0.3 is 0 Å². The molecule has 0 unspecified atom stereocenters. The predicted octanol–water partition coefficient (Wildman–Crippen LogP) is 11.5. The van der Waals surface area contributed by atoms with E-state index in [2.05, 4.69) is 126 Å². The summed E-state index contributed by atoms with van der Waals surface area (Å²) >= 11 is 0. The second kappa shape index (κ2) is 13.9. The van der Waals surface area contributed by atoms with Crippen molar-refractivity contribution in [1.29, 1.82) is 10.8 Å². The first-order valence-corrected chi connectivity index (χ1v) is 15.9. The molecule has 0 aromatic heterocycles. The van der Waals surface area contributed by atoms with Crippen LogP contribution in [0.1, 0.15) is 11.1 Å². The fourth-order valence-corrected chi connectivity index (χ4v) is 5.94. The summed E-state index contributed by atoms with van der Waals surface area (Å²) in [5.41, 5.74) is 11.2. The number of hydrogen-bond acceptors (Lipinski definition) is 4. The molecule has 0 aliphatic rings. The molecule has 0 fully saturated rings. The zero-order valence-corrected chi connectivity index (χ0v) is 26.3. The number of ether oxygens (including phenoxy) is 1. The Morgan fingerprint density at radius 2 is 0.667 bits per heavy atom. The molecule has 0 amide bonds. The highest BCUT2D eigenvalue weighted by Crippen LogP contribution is 2.40. The summed E-state index contributed by atoms with van der Waals surface area (Å²) in [6, 6.07) is 63.5. The lowest BCUT2D eigenvalue weighted by atomic mass is 9.89. The Balaban J connectivity index is 1.18. The Bertz CT molecular complexity index is 2120.